The maximum atomic E-state index is 13.2. The molecule has 1 heterocycles. The van der Waals surface area contributed by atoms with Gasteiger partial charge >= 0.3 is 5.97 Å². The fourth-order valence-corrected chi connectivity index (χ4v) is 3.26. The summed E-state index contributed by atoms with van der Waals surface area (Å²) in [5.74, 6) is -0.461. The molecule has 3 aromatic rings. The Hall–Kier alpha value is -3.60. The van der Waals surface area contributed by atoms with Crippen LogP contribution in [-0.2, 0) is 4.74 Å². The van der Waals surface area contributed by atoms with Crippen LogP contribution in [0.5, 0.6) is 0 Å². The Morgan fingerprint density at radius 1 is 0.926 bits per heavy atom. The highest BCUT2D eigenvalue weighted by molar-refractivity contribution is 6.12. The highest BCUT2D eigenvalue weighted by Crippen LogP contribution is 2.36. The molecule has 5 nitrogen and oxygen atoms in total. The normalized spacial score (nSPS) is 15.7. The molecular formula is C22H18N2O3. The van der Waals surface area contributed by atoms with Gasteiger partial charge < -0.3 is 10.1 Å². The van der Waals surface area contributed by atoms with Crippen molar-refractivity contribution in [1.82, 2.24) is 0 Å². The monoisotopic (exact) mass is 358 g/mol. The van der Waals surface area contributed by atoms with Crippen LogP contribution >= 0.6 is 0 Å². The lowest BCUT2D eigenvalue weighted by Gasteiger charge is -2.38. The molecule has 134 valence electrons. The smallest absolute Gasteiger partial charge is 0.337 e. The Morgan fingerprint density at radius 2 is 1.59 bits per heavy atom. The first-order valence-corrected chi connectivity index (χ1v) is 8.61. The fourth-order valence-electron chi connectivity index (χ4n) is 3.26. The van der Waals surface area contributed by atoms with Crippen molar-refractivity contribution in [3.05, 3.63) is 95.6 Å². The van der Waals surface area contributed by atoms with Crippen LogP contribution in [-0.4, -0.2) is 19.0 Å². The van der Waals surface area contributed by atoms with E-state index in [4.69, 9.17) is 4.74 Å². The average molecular weight is 358 g/mol. The molecule has 0 saturated carbocycles. The molecule has 1 unspecified atom stereocenters. The number of hydrogen-bond donors (Lipinski definition) is 1. The van der Waals surface area contributed by atoms with Gasteiger partial charge in [0.1, 0.15) is 6.17 Å². The Bertz CT molecular complexity index is 984. The number of anilines is 2. The van der Waals surface area contributed by atoms with Gasteiger partial charge in [0.05, 0.1) is 18.2 Å². The predicted octanol–water partition coefficient (Wildman–Crippen LogP) is 4.24. The summed E-state index contributed by atoms with van der Waals surface area (Å²) >= 11 is 0. The number of benzene rings is 3. The first kappa shape index (κ1) is 16.8. The summed E-state index contributed by atoms with van der Waals surface area (Å²) in [5, 5.41) is 3.44. The van der Waals surface area contributed by atoms with E-state index in [0.29, 0.717) is 11.1 Å². The van der Waals surface area contributed by atoms with E-state index in [0.717, 1.165) is 16.9 Å². The van der Waals surface area contributed by atoms with Crippen molar-refractivity contribution in [3.63, 3.8) is 0 Å². The van der Waals surface area contributed by atoms with E-state index < -0.39 is 0 Å². The summed E-state index contributed by atoms with van der Waals surface area (Å²) in [6.45, 7) is 0. The number of amides is 1. The van der Waals surface area contributed by atoms with Crippen LogP contribution in [0.4, 0.5) is 11.4 Å². The number of esters is 1. The standard InChI is InChI=1S/C22H18N2O3/c1-27-22(26)16-13-11-15(12-14-16)20-23-19-10-6-5-9-18(19)21(25)24(20)17-7-3-2-4-8-17/h2-14,20,23H,1H3. The second kappa shape index (κ2) is 6.96. The number of methoxy groups -OCH3 is 1. The van der Waals surface area contributed by atoms with Crippen molar-refractivity contribution < 1.29 is 14.3 Å². The second-order valence-corrected chi connectivity index (χ2v) is 6.22. The molecule has 0 saturated heterocycles. The minimum atomic E-state index is -0.389. The van der Waals surface area contributed by atoms with Crippen molar-refractivity contribution in [1.29, 1.82) is 0 Å². The van der Waals surface area contributed by atoms with Crippen molar-refractivity contribution >= 4 is 23.3 Å². The van der Waals surface area contributed by atoms with E-state index >= 15 is 0 Å². The van der Waals surface area contributed by atoms with Crippen molar-refractivity contribution in [3.8, 4) is 0 Å². The zero-order chi connectivity index (χ0) is 18.8. The van der Waals surface area contributed by atoms with E-state index in [-0.39, 0.29) is 18.0 Å². The summed E-state index contributed by atoms with van der Waals surface area (Å²) in [6, 6.07) is 24.1. The number of para-hydroxylation sites is 2. The third-order valence-electron chi connectivity index (χ3n) is 4.61. The molecule has 1 aliphatic heterocycles. The topological polar surface area (TPSA) is 58.6 Å². The molecule has 0 spiro atoms. The summed E-state index contributed by atoms with van der Waals surface area (Å²) in [4.78, 5) is 26.7. The van der Waals surface area contributed by atoms with Crippen molar-refractivity contribution in [2.45, 2.75) is 6.17 Å². The Balaban J connectivity index is 1.79. The average Bonchev–Trinajstić information content (AvgIpc) is 2.74. The largest absolute Gasteiger partial charge is 0.465 e. The zero-order valence-corrected chi connectivity index (χ0v) is 14.8. The molecule has 1 amide bonds. The predicted molar refractivity (Wildman–Crippen MR) is 104 cm³/mol. The molecule has 4 rings (SSSR count). The highest BCUT2D eigenvalue weighted by Gasteiger charge is 2.33. The minimum Gasteiger partial charge on any atom is -0.465 e. The number of nitrogens with zero attached hydrogens (tertiary/aromatic N) is 1. The number of hydrogen-bond acceptors (Lipinski definition) is 4. The van der Waals surface area contributed by atoms with Crippen molar-refractivity contribution in [2.24, 2.45) is 0 Å². The van der Waals surface area contributed by atoms with Gasteiger partial charge in [-0.2, -0.15) is 0 Å². The van der Waals surface area contributed by atoms with Gasteiger partial charge in [-0.25, -0.2) is 4.79 Å². The molecule has 0 aliphatic carbocycles. The van der Waals surface area contributed by atoms with Gasteiger partial charge in [0.25, 0.3) is 5.91 Å². The van der Waals surface area contributed by atoms with Crippen LogP contribution in [0, 0.1) is 0 Å². The summed E-state index contributed by atoms with van der Waals surface area (Å²) < 4.78 is 4.76. The van der Waals surface area contributed by atoms with E-state index in [1.165, 1.54) is 7.11 Å². The Kier molecular flexibility index (Phi) is 4.34. The van der Waals surface area contributed by atoms with Crippen LogP contribution in [0.1, 0.15) is 32.4 Å². The zero-order valence-electron chi connectivity index (χ0n) is 14.8. The van der Waals surface area contributed by atoms with Crippen LogP contribution in [0.25, 0.3) is 0 Å². The molecular weight excluding hydrogens is 340 g/mol. The molecule has 1 aliphatic rings. The number of carbonyl (C=O) groups excluding carboxylic acids is 2. The fraction of sp³-hybridized carbons (Fsp3) is 0.0909. The summed E-state index contributed by atoms with van der Waals surface area (Å²) in [6.07, 6.45) is -0.388. The van der Waals surface area contributed by atoms with Gasteiger partial charge in [0, 0.05) is 11.4 Å². The number of fused-ring (bicyclic) bond motifs is 1. The lowest BCUT2D eigenvalue weighted by Crippen LogP contribution is -2.43. The van der Waals surface area contributed by atoms with Gasteiger partial charge in [0.2, 0.25) is 0 Å². The molecule has 0 fully saturated rings. The number of nitrogens with one attached hydrogen (secondary N) is 1. The number of carbonyl (C=O) groups is 2. The maximum absolute atomic E-state index is 13.2. The van der Waals surface area contributed by atoms with E-state index in [1.807, 2.05) is 66.7 Å². The van der Waals surface area contributed by atoms with Gasteiger partial charge in [-0.3, -0.25) is 9.69 Å². The van der Waals surface area contributed by atoms with Gasteiger partial charge in [-0.1, -0.05) is 42.5 Å². The molecule has 1 atom stereocenters. The van der Waals surface area contributed by atoms with E-state index in [9.17, 15) is 9.59 Å². The number of rotatable bonds is 3. The molecule has 0 aromatic heterocycles. The van der Waals surface area contributed by atoms with E-state index in [2.05, 4.69) is 5.32 Å². The van der Waals surface area contributed by atoms with Crippen molar-refractivity contribution in [2.75, 3.05) is 17.3 Å². The SMILES string of the molecule is COC(=O)c1ccc(C2Nc3ccccc3C(=O)N2c2ccccc2)cc1. The summed E-state index contributed by atoms with van der Waals surface area (Å²) in [7, 11) is 1.35. The molecule has 5 heteroatoms. The molecule has 0 bridgehead atoms. The third-order valence-corrected chi connectivity index (χ3v) is 4.61. The molecule has 27 heavy (non-hydrogen) atoms. The lowest BCUT2D eigenvalue weighted by atomic mass is 10.0. The minimum absolute atomic E-state index is 0.0717. The second-order valence-electron chi connectivity index (χ2n) is 6.22. The van der Waals surface area contributed by atoms with E-state index in [1.54, 1.807) is 17.0 Å². The lowest BCUT2D eigenvalue weighted by molar-refractivity contribution is 0.0600. The first-order valence-electron chi connectivity index (χ1n) is 8.61. The molecule has 0 radical (unpaired) electrons. The Morgan fingerprint density at radius 3 is 2.30 bits per heavy atom. The Labute approximate surface area is 157 Å². The first-order chi connectivity index (χ1) is 13.2. The van der Waals surface area contributed by atoms with Crippen LogP contribution in [0.3, 0.4) is 0 Å². The third kappa shape index (κ3) is 3.04. The number of ether oxygens (including phenoxy) is 1. The van der Waals surface area contributed by atoms with Gasteiger partial charge in [-0.15, -0.1) is 0 Å². The summed E-state index contributed by atoms with van der Waals surface area (Å²) in [5.41, 5.74) is 3.55. The quantitative estimate of drug-likeness (QED) is 0.712. The van der Waals surface area contributed by atoms with Gasteiger partial charge in [0.15, 0.2) is 0 Å². The highest BCUT2D eigenvalue weighted by atomic mass is 16.5. The molecule has 3 aromatic carbocycles. The van der Waals surface area contributed by atoms with Crippen LogP contribution < -0.4 is 10.2 Å². The van der Waals surface area contributed by atoms with Gasteiger partial charge in [-0.05, 0) is 42.0 Å². The van der Waals surface area contributed by atoms with Crippen LogP contribution in [0.15, 0.2) is 78.9 Å². The maximum Gasteiger partial charge on any atom is 0.337 e. The van der Waals surface area contributed by atoms with Crippen LogP contribution in [0.2, 0.25) is 0 Å². The molecule has 1 N–H and O–H groups in total.